The van der Waals surface area contributed by atoms with Gasteiger partial charge in [0.15, 0.2) is 0 Å². The van der Waals surface area contributed by atoms with Crippen molar-refractivity contribution in [3.63, 3.8) is 0 Å². The molecule has 0 unspecified atom stereocenters. The fraction of sp³-hybridized carbons (Fsp3) is 0.500. The van der Waals surface area contributed by atoms with E-state index in [0.29, 0.717) is 0 Å². The number of para-hydroxylation sites is 1. The van der Waals surface area contributed by atoms with Gasteiger partial charge in [0, 0.05) is 5.41 Å². The number of imidazole rings is 1. The van der Waals surface area contributed by atoms with Gasteiger partial charge in [0.05, 0.1) is 11.0 Å². The molecule has 1 aromatic carbocycles. The van der Waals surface area contributed by atoms with E-state index in [1.165, 1.54) is 11.1 Å². The van der Waals surface area contributed by atoms with Crippen LogP contribution in [0.1, 0.15) is 31.2 Å². The first-order valence-corrected chi connectivity index (χ1v) is 6.36. The summed E-state index contributed by atoms with van der Waals surface area (Å²) in [5.74, 6) is 1.16. The van der Waals surface area contributed by atoms with Gasteiger partial charge in [0.2, 0.25) is 0 Å². The van der Waals surface area contributed by atoms with Crippen molar-refractivity contribution < 1.29 is 0 Å². The standard InChI is InChI=1S/C14H19N3/c1-10-4-3-5-11-12(10)17-13(16-11)14(2)6-8-15-9-7-14/h3-5,15H,6-9H2,1-2H3,(H,16,17). The van der Waals surface area contributed by atoms with Crippen molar-refractivity contribution in [2.45, 2.75) is 32.1 Å². The second kappa shape index (κ2) is 3.84. The fourth-order valence-corrected chi connectivity index (χ4v) is 2.68. The number of aryl methyl sites for hydroxylation is 1. The van der Waals surface area contributed by atoms with Gasteiger partial charge in [-0.25, -0.2) is 4.98 Å². The number of aromatic nitrogens is 2. The third kappa shape index (κ3) is 1.75. The largest absolute Gasteiger partial charge is 0.342 e. The average molecular weight is 229 g/mol. The van der Waals surface area contributed by atoms with Crippen LogP contribution in [0.5, 0.6) is 0 Å². The Morgan fingerprint density at radius 2 is 2.00 bits per heavy atom. The van der Waals surface area contributed by atoms with Crippen molar-refractivity contribution in [2.75, 3.05) is 13.1 Å². The molecule has 1 fully saturated rings. The minimum absolute atomic E-state index is 0.205. The van der Waals surface area contributed by atoms with Gasteiger partial charge in [-0.1, -0.05) is 19.1 Å². The Morgan fingerprint density at radius 3 is 2.71 bits per heavy atom. The van der Waals surface area contributed by atoms with Crippen LogP contribution in [0.2, 0.25) is 0 Å². The summed E-state index contributed by atoms with van der Waals surface area (Å²) in [5, 5.41) is 3.41. The average Bonchev–Trinajstić information content (AvgIpc) is 2.76. The number of piperidine rings is 1. The van der Waals surface area contributed by atoms with Gasteiger partial charge in [-0.05, 0) is 44.5 Å². The molecule has 2 N–H and O–H groups in total. The van der Waals surface area contributed by atoms with E-state index in [1.807, 2.05) is 0 Å². The predicted molar refractivity (Wildman–Crippen MR) is 70.3 cm³/mol. The molecule has 2 heterocycles. The van der Waals surface area contributed by atoms with Crippen LogP contribution in [0.4, 0.5) is 0 Å². The lowest BCUT2D eigenvalue weighted by Gasteiger charge is -2.32. The van der Waals surface area contributed by atoms with Crippen LogP contribution in [-0.2, 0) is 5.41 Å². The highest BCUT2D eigenvalue weighted by atomic mass is 15.0. The van der Waals surface area contributed by atoms with Crippen molar-refractivity contribution in [3.8, 4) is 0 Å². The molecule has 0 radical (unpaired) electrons. The first-order valence-electron chi connectivity index (χ1n) is 6.36. The Bertz CT molecular complexity index is 535. The summed E-state index contributed by atoms with van der Waals surface area (Å²) in [7, 11) is 0. The lowest BCUT2D eigenvalue weighted by molar-refractivity contribution is 0.321. The van der Waals surface area contributed by atoms with Crippen molar-refractivity contribution in [1.82, 2.24) is 15.3 Å². The molecule has 17 heavy (non-hydrogen) atoms. The number of fused-ring (bicyclic) bond motifs is 1. The third-order valence-corrected chi connectivity index (χ3v) is 3.99. The zero-order chi connectivity index (χ0) is 11.9. The summed E-state index contributed by atoms with van der Waals surface area (Å²) < 4.78 is 0. The van der Waals surface area contributed by atoms with Crippen LogP contribution in [0, 0.1) is 6.92 Å². The molecule has 90 valence electrons. The van der Waals surface area contributed by atoms with Crippen molar-refractivity contribution in [2.24, 2.45) is 0 Å². The Hall–Kier alpha value is -1.35. The molecule has 1 saturated heterocycles. The summed E-state index contributed by atoms with van der Waals surface area (Å²) in [4.78, 5) is 8.33. The number of nitrogens with one attached hydrogen (secondary N) is 2. The van der Waals surface area contributed by atoms with Crippen LogP contribution in [0.25, 0.3) is 11.0 Å². The SMILES string of the molecule is Cc1cccc2[nH]c(C3(C)CCNCC3)nc12. The van der Waals surface area contributed by atoms with E-state index in [9.17, 15) is 0 Å². The maximum absolute atomic E-state index is 4.82. The van der Waals surface area contributed by atoms with Crippen molar-refractivity contribution >= 4 is 11.0 Å². The fourth-order valence-electron chi connectivity index (χ4n) is 2.68. The first-order chi connectivity index (χ1) is 8.19. The third-order valence-electron chi connectivity index (χ3n) is 3.99. The highest BCUT2D eigenvalue weighted by Crippen LogP contribution is 2.32. The number of hydrogen-bond donors (Lipinski definition) is 2. The minimum atomic E-state index is 0.205. The van der Waals surface area contributed by atoms with Crippen molar-refractivity contribution in [1.29, 1.82) is 0 Å². The zero-order valence-electron chi connectivity index (χ0n) is 10.5. The highest BCUT2D eigenvalue weighted by Gasteiger charge is 2.31. The Kier molecular flexibility index (Phi) is 2.44. The lowest BCUT2D eigenvalue weighted by atomic mass is 9.80. The van der Waals surface area contributed by atoms with Gasteiger partial charge in [0.1, 0.15) is 5.82 Å². The summed E-state index contributed by atoms with van der Waals surface area (Å²) >= 11 is 0. The van der Waals surface area contributed by atoms with Crippen LogP contribution >= 0.6 is 0 Å². The molecular weight excluding hydrogens is 210 g/mol. The molecule has 0 saturated carbocycles. The smallest absolute Gasteiger partial charge is 0.113 e. The van der Waals surface area contributed by atoms with Crippen LogP contribution in [-0.4, -0.2) is 23.1 Å². The molecule has 3 heteroatoms. The maximum atomic E-state index is 4.82. The number of benzene rings is 1. The number of H-pyrrole nitrogens is 1. The van der Waals surface area contributed by atoms with E-state index in [0.717, 1.165) is 37.3 Å². The number of aromatic amines is 1. The van der Waals surface area contributed by atoms with E-state index in [1.54, 1.807) is 0 Å². The van der Waals surface area contributed by atoms with Gasteiger partial charge in [-0.3, -0.25) is 0 Å². The molecule has 1 aliphatic heterocycles. The molecule has 1 aromatic heterocycles. The molecule has 2 aromatic rings. The monoisotopic (exact) mass is 229 g/mol. The van der Waals surface area contributed by atoms with Crippen molar-refractivity contribution in [3.05, 3.63) is 29.6 Å². The summed E-state index contributed by atoms with van der Waals surface area (Å²) in [6, 6.07) is 6.32. The quantitative estimate of drug-likeness (QED) is 0.789. The molecule has 3 nitrogen and oxygen atoms in total. The lowest BCUT2D eigenvalue weighted by Crippen LogP contribution is -2.38. The Balaban J connectivity index is 2.08. The highest BCUT2D eigenvalue weighted by molar-refractivity contribution is 5.78. The molecule has 1 aliphatic rings. The second-order valence-corrected chi connectivity index (χ2v) is 5.37. The summed E-state index contributed by atoms with van der Waals surface area (Å²) in [6.45, 7) is 6.62. The molecule has 0 bridgehead atoms. The molecule has 0 amide bonds. The Morgan fingerprint density at radius 1 is 1.24 bits per heavy atom. The zero-order valence-corrected chi connectivity index (χ0v) is 10.5. The number of rotatable bonds is 1. The van der Waals surface area contributed by atoms with E-state index in [2.05, 4.69) is 42.3 Å². The molecule has 0 spiro atoms. The van der Waals surface area contributed by atoms with E-state index >= 15 is 0 Å². The van der Waals surface area contributed by atoms with Crippen LogP contribution in [0.3, 0.4) is 0 Å². The first kappa shape index (κ1) is 10.8. The van der Waals surface area contributed by atoms with Gasteiger partial charge in [-0.15, -0.1) is 0 Å². The van der Waals surface area contributed by atoms with Gasteiger partial charge in [-0.2, -0.15) is 0 Å². The van der Waals surface area contributed by atoms with Gasteiger partial charge >= 0.3 is 0 Å². The Labute approximate surface area is 102 Å². The number of nitrogens with zero attached hydrogens (tertiary/aromatic N) is 1. The van der Waals surface area contributed by atoms with Crippen LogP contribution < -0.4 is 5.32 Å². The summed E-state index contributed by atoms with van der Waals surface area (Å²) in [6.07, 6.45) is 2.32. The predicted octanol–water partition coefficient (Wildman–Crippen LogP) is 2.51. The molecular formula is C14H19N3. The normalized spacial score (nSPS) is 19.6. The topological polar surface area (TPSA) is 40.7 Å². The van der Waals surface area contributed by atoms with E-state index in [4.69, 9.17) is 4.98 Å². The maximum Gasteiger partial charge on any atom is 0.113 e. The van der Waals surface area contributed by atoms with Crippen LogP contribution in [0.15, 0.2) is 18.2 Å². The minimum Gasteiger partial charge on any atom is -0.342 e. The summed E-state index contributed by atoms with van der Waals surface area (Å²) in [5.41, 5.74) is 3.75. The van der Waals surface area contributed by atoms with Gasteiger partial charge < -0.3 is 10.3 Å². The molecule has 0 atom stereocenters. The molecule has 3 rings (SSSR count). The molecule has 0 aliphatic carbocycles. The second-order valence-electron chi connectivity index (χ2n) is 5.37. The van der Waals surface area contributed by atoms with Gasteiger partial charge in [0.25, 0.3) is 0 Å². The van der Waals surface area contributed by atoms with E-state index < -0.39 is 0 Å². The number of hydrogen-bond acceptors (Lipinski definition) is 2. The van der Waals surface area contributed by atoms with E-state index in [-0.39, 0.29) is 5.41 Å².